The average Bonchev–Trinajstić information content (AvgIpc) is 2.88. The number of aromatic nitrogens is 2. The maximum atomic E-state index is 12.3. The van der Waals surface area contributed by atoms with Crippen LogP contribution >= 0.6 is 0 Å². The molecule has 22 heavy (non-hydrogen) atoms. The van der Waals surface area contributed by atoms with Crippen molar-refractivity contribution in [3.05, 3.63) is 42.2 Å². The molecule has 0 unspecified atom stereocenters. The minimum atomic E-state index is -1.08. The molecule has 114 valence electrons. The first-order valence-electron chi connectivity index (χ1n) is 7.08. The summed E-state index contributed by atoms with van der Waals surface area (Å²) in [5.41, 5.74) is 1.28. The van der Waals surface area contributed by atoms with E-state index in [1.165, 1.54) is 10.7 Å². The normalized spacial score (nSPS) is 18.7. The lowest BCUT2D eigenvalue weighted by molar-refractivity contribution is -0.118. The van der Waals surface area contributed by atoms with Crippen LogP contribution in [-0.4, -0.2) is 26.8 Å². The SMILES string of the molecule is CC1(C)C[C@@H]1C(=O)Nc1ccccc1-n1ccc(C(=O)O)n1. The molecule has 2 N–H and O–H groups in total. The molecule has 6 nitrogen and oxygen atoms in total. The van der Waals surface area contributed by atoms with Crippen molar-refractivity contribution in [3.8, 4) is 5.69 Å². The van der Waals surface area contributed by atoms with Gasteiger partial charge in [-0.3, -0.25) is 4.79 Å². The van der Waals surface area contributed by atoms with Gasteiger partial charge in [0, 0.05) is 12.1 Å². The smallest absolute Gasteiger partial charge is 0.356 e. The molecular weight excluding hydrogens is 282 g/mol. The summed E-state index contributed by atoms with van der Waals surface area (Å²) in [7, 11) is 0. The molecule has 1 saturated carbocycles. The third-order valence-electron chi connectivity index (χ3n) is 4.05. The molecule has 0 spiro atoms. The Balaban J connectivity index is 1.86. The maximum absolute atomic E-state index is 12.3. The van der Waals surface area contributed by atoms with E-state index in [2.05, 4.69) is 24.3 Å². The van der Waals surface area contributed by atoms with E-state index >= 15 is 0 Å². The fraction of sp³-hybridized carbons (Fsp3) is 0.312. The van der Waals surface area contributed by atoms with E-state index in [1.807, 2.05) is 12.1 Å². The lowest BCUT2D eigenvalue weighted by Crippen LogP contribution is -2.18. The Morgan fingerprint density at radius 2 is 2.00 bits per heavy atom. The molecule has 6 heteroatoms. The highest BCUT2D eigenvalue weighted by Crippen LogP contribution is 2.52. The third kappa shape index (κ3) is 2.59. The Morgan fingerprint density at radius 1 is 1.32 bits per heavy atom. The molecule has 3 rings (SSSR count). The quantitative estimate of drug-likeness (QED) is 0.908. The predicted octanol–water partition coefficient (Wildman–Crippen LogP) is 2.56. The zero-order chi connectivity index (χ0) is 15.9. The fourth-order valence-electron chi connectivity index (χ4n) is 2.49. The molecule has 1 aromatic carbocycles. The first-order chi connectivity index (χ1) is 10.4. The van der Waals surface area contributed by atoms with E-state index in [0.29, 0.717) is 11.4 Å². The maximum Gasteiger partial charge on any atom is 0.356 e. The Morgan fingerprint density at radius 3 is 2.59 bits per heavy atom. The molecule has 1 amide bonds. The second-order valence-electron chi connectivity index (χ2n) is 6.20. The van der Waals surface area contributed by atoms with Crippen LogP contribution in [0.4, 0.5) is 5.69 Å². The van der Waals surface area contributed by atoms with Crippen molar-refractivity contribution >= 4 is 17.6 Å². The zero-order valence-corrected chi connectivity index (χ0v) is 12.4. The summed E-state index contributed by atoms with van der Waals surface area (Å²) in [5.74, 6) is -1.07. The van der Waals surface area contributed by atoms with Crippen LogP contribution in [0.1, 0.15) is 30.8 Å². The van der Waals surface area contributed by atoms with Gasteiger partial charge in [0.2, 0.25) is 5.91 Å². The molecule has 1 aliphatic carbocycles. The predicted molar refractivity (Wildman–Crippen MR) is 81.0 cm³/mol. The molecular formula is C16H17N3O3. The van der Waals surface area contributed by atoms with Gasteiger partial charge in [-0.15, -0.1) is 0 Å². The van der Waals surface area contributed by atoms with Crippen molar-refractivity contribution in [3.63, 3.8) is 0 Å². The summed E-state index contributed by atoms with van der Waals surface area (Å²) in [4.78, 5) is 23.2. The molecule has 1 atom stereocenters. The second kappa shape index (κ2) is 4.98. The fourth-order valence-corrected chi connectivity index (χ4v) is 2.49. The van der Waals surface area contributed by atoms with Gasteiger partial charge < -0.3 is 10.4 Å². The van der Waals surface area contributed by atoms with Gasteiger partial charge in [-0.05, 0) is 30.0 Å². The van der Waals surface area contributed by atoms with Crippen molar-refractivity contribution in [2.75, 3.05) is 5.32 Å². The Bertz CT molecular complexity index is 749. The number of hydrogen-bond donors (Lipinski definition) is 2. The number of carboxylic acid groups (broad SMARTS) is 1. The molecule has 0 aliphatic heterocycles. The first kappa shape index (κ1) is 14.3. The molecule has 1 heterocycles. The number of nitrogens with zero attached hydrogens (tertiary/aromatic N) is 2. The van der Waals surface area contributed by atoms with E-state index in [4.69, 9.17) is 5.11 Å². The number of amides is 1. The van der Waals surface area contributed by atoms with Gasteiger partial charge in [0.15, 0.2) is 5.69 Å². The minimum Gasteiger partial charge on any atom is -0.476 e. The minimum absolute atomic E-state index is 0.0111. The highest BCUT2D eigenvalue weighted by atomic mass is 16.4. The van der Waals surface area contributed by atoms with Crippen molar-refractivity contribution in [2.24, 2.45) is 11.3 Å². The van der Waals surface area contributed by atoms with Crippen LogP contribution in [0.15, 0.2) is 36.5 Å². The Hall–Kier alpha value is -2.63. The molecule has 0 bridgehead atoms. The van der Waals surface area contributed by atoms with Gasteiger partial charge in [0.25, 0.3) is 0 Å². The topological polar surface area (TPSA) is 84.2 Å². The number of nitrogens with one attached hydrogen (secondary N) is 1. The number of rotatable bonds is 4. The number of carboxylic acids is 1. The van der Waals surface area contributed by atoms with Crippen LogP contribution in [-0.2, 0) is 4.79 Å². The summed E-state index contributed by atoms with van der Waals surface area (Å²) in [6.45, 7) is 4.13. The van der Waals surface area contributed by atoms with Gasteiger partial charge in [-0.25, -0.2) is 9.48 Å². The Labute approximate surface area is 127 Å². The van der Waals surface area contributed by atoms with E-state index in [-0.39, 0.29) is 22.9 Å². The van der Waals surface area contributed by atoms with Gasteiger partial charge >= 0.3 is 5.97 Å². The van der Waals surface area contributed by atoms with Gasteiger partial charge in [0.05, 0.1) is 11.4 Å². The van der Waals surface area contributed by atoms with E-state index < -0.39 is 5.97 Å². The summed E-state index contributed by atoms with van der Waals surface area (Å²) in [6, 6.07) is 8.62. The van der Waals surface area contributed by atoms with Crippen molar-refractivity contribution < 1.29 is 14.7 Å². The van der Waals surface area contributed by atoms with Crippen LogP contribution in [0.2, 0.25) is 0 Å². The zero-order valence-electron chi connectivity index (χ0n) is 12.4. The highest BCUT2D eigenvalue weighted by molar-refractivity contribution is 5.96. The lowest BCUT2D eigenvalue weighted by Gasteiger charge is -2.11. The number of carbonyl (C=O) groups excluding carboxylic acids is 1. The van der Waals surface area contributed by atoms with Crippen molar-refractivity contribution in [1.29, 1.82) is 0 Å². The van der Waals surface area contributed by atoms with Gasteiger partial charge in [0.1, 0.15) is 0 Å². The molecule has 0 radical (unpaired) electrons. The number of aromatic carboxylic acids is 1. The average molecular weight is 299 g/mol. The second-order valence-corrected chi connectivity index (χ2v) is 6.20. The number of anilines is 1. The third-order valence-corrected chi connectivity index (χ3v) is 4.05. The van der Waals surface area contributed by atoms with Gasteiger partial charge in [-0.1, -0.05) is 26.0 Å². The highest BCUT2D eigenvalue weighted by Gasteiger charge is 2.50. The summed E-state index contributed by atoms with van der Waals surface area (Å²) < 4.78 is 1.46. The molecule has 2 aromatic rings. The summed E-state index contributed by atoms with van der Waals surface area (Å²) >= 11 is 0. The summed E-state index contributed by atoms with van der Waals surface area (Å²) in [5, 5.41) is 15.9. The van der Waals surface area contributed by atoms with E-state index in [1.54, 1.807) is 18.3 Å². The van der Waals surface area contributed by atoms with E-state index in [9.17, 15) is 9.59 Å². The van der Waals surface area contributed by atoms with Crippen LogP contribution in [0, 0.1) is 11.3 Å². The van der Waals surface area contributed by atoms with Crippen LogP contribution in [0.3, 0.4) is 0 Å². The van der Waals surface area contributed by atoms with Crippen LogP contribution in [0.25, 0.3) is 5.69 Å². The van der Waals surface area contributed by atoms with E-state index in [0.717, 1.165) is 6.42 Å². The lowest BCUT2D eigenvalue weighted by atomic mass is 10.1. The molecule has 0 saturated heterocycles. The largest absolute Gasteiger partial charge is 0.476 e. The van der Waals surface area contributed by atoms with Crippen molar-refractivity contribution in [1.82, 2.24) is 9.78 Å². The van der Waals surface area contributed by atoms with Crippen LogP contribution in [0.5, 0.6) is 0 Å². The Kier molecular flexibility index (Phi) is 3.24. The first-order valence-corrected chi connectivity index (χ1v) is 7.08. The van der Waals surface area contributed by atoms with Crippen molar-refractivity contribution in [2.45, 2.75) is 20.3 Å². The summed E-state index contributed by atoms with van der Waals surface area (Å²) in [6.07, 6.45) is 2.45. The van der Waals surface area contributed by atoms with Gasteiger partial charge in [-0.2, -0.15) is 5.10 Å². The molecule has 1 fully saturated rings. The number of carbonyl (C=O) groups is 2. The number of hydrogen-bond acceptors (Lipinski definition) is 3. The number of para-hydroxylation sites is 2. The monoisotopic (exact) mass is 299 g/mol. The molecule has 1 aliphatic rings. The van der Waals surface area contributed by atoms with Crippen LogP contribution < -0.4 is 5.32 Å². The standard InChI is InChI=1S/C16H17N3O3/c1-16(2)9-10(16)14(20)17-11-5-3-4-6-13(11)19-8-7-12(18-19)15(21)22/h3-8,10H,9H2,1-2H3,(H,17,20)(H,21,22)/t10-/m1/s1. The number of benzene rings is 1. The molecule has 1 aromatic heterocycles.